The van der Waals surface area contributed by atoms with Crippen LogP contribution in [0.5, 0.6) is 0 Å². The van der Waals surface area contributed by atoms with Crippen molar-refractivity contribution in [3.63, 3.8) is 0 Å². The van der Waals surface area contributed by atoms with Gasteiger partial charge in [0.25, 0.3) is 0 Å². The number of unbranched alkanes of at least 4 members (excludes halogenated alkanes) is 1. The van der Waals surface area contributed by atoms with Gasteiger partial charge in [-0.15, -0.1) is 0 Å². The van der Waals surface area contributed by atoms with Crippen molar-refractivity contribution in [2.75, 3.05) is 6.54 Å². The number of hydrogen-bond acceptors (Lipinski definition) is 6. The van der Waals surface area contributed by atoms with E-state index in [1.54, 1.807) is 24.3 Å². The van der Waals surface area contributed by atoms with Crippen LogP contribution in [-0.2, 0) is 38.4 Å². The first-order valence-corrected chi connectivity index (χ1v) is 14.5. The molecule has 10 heteroatoms. The molecule has 0 aliphatic rings. The number of rotatable bonds is 17. The van der Waals surface area contributed by atoms with Gasteiger partial charge in [-0.05, 0) is 48.9 Å². The first kappa shape index (κ1) is 33.0. The highest BCUT2D eigenvalue weighted by Gasteiger charge is 2.30. The Morgan fingerprint density at radius 1 is 0.581 bits per heavy atom. The molecule has 3 aromatic carbocycles. The third-order valence-electron chi connectivity index (χ3n) is 7.03. The van der Waals surface area contributed by atoms with Gasteiger partial charge in [0.05, 0.1) is 6.04 Å². The molecule has 0 fully saturated rings. The minimum atomic E-state index is -1.21. The van der Waals surface area contributed by atoms with E-state index in [2.05, 4.69) is 16.0 Å². The zero-order valence-electron chi connectivity index (χ0n) is 24.2. The van der Waals surface area contributed by atoms with Gasteiger partial charge in [-0.25, -0.2) is 4.79 Å². The molecule has 0 bridgehead atoms. The van der Waals surface area contributed by atoms with Crippen LogP contribution in [0.25, 0.3) is 0 Å². The molecule has 0 heterocycles. The molecule has 0 saturated carbocycles. The van der Waals surface area contributed by atoms with Crippen molar-refractivity contribution in [3.8, 4) is 0 Å². The van der Waals surface area contributed by atoms with E-state index in [4.69, 9.17) is 11.5 Å². The molecular weight excluding hydrogens is 546 g/mol. The number of nitrogens with one attached hydrogen (secondary N) is 3. The maximum absolute atomic E-state index is 13.6. The maximum Gasteiger partial charge on any atom is 0.326 e. The topological polar surface area (TPSA) is 177 Å². The van der Waals surface area contributed by atoms with Crippen molar-refractivity contribution in [1.82, 2.24) is 16.0 Å². The van der Waals surface area contributed by atoms with Crippen LogP contribution < -0.4 is 27.4 Å². The summed E-state index contributed by atoms with van der Waals surface area (Å²) in [6.07, 6.45) is 1.98. The van der Waals surface area contributed by atoms with Crippen molar-refractivity contribution in [1.29, 1.82) is 0 Å². The second-order valence-corrected chi connectivity index (χ2v) is 10.5. The molecule has 228 valence electrons. The van der Waals surface area contributed by atoms with Crippen LogP contribution in [-0.4, -0.2) is 59.5 Å². The van der Waals surface area contributed by atoms with Gasteiger partial charge in [0.1, 0.15) is 18.1 Å². The third kappa shape index (κ3) is 11.3. The van der Waals surface area contributed by atoms with Crippen LogP contribution in [0.2, 0.25) is 0 Å². The molecule has 3 rings (SSSR count). The number of carboxylic acid groups (broad SMARTS) is 1. The summed E-state index contributed by atoms with van der Waals surface area (Å²) >= 11 is 0. The highest BCUT2D eigenvalue weighted by atomic mass is 16.4. The number of amides is 3. The van der Waals surface area contributed by atoms with Crippen molar-refractivity contribution < 1.29 is 24.3 Å². The fraction of sp³-hybridized carbons (Fsp3) is 0.333. The number of hydrogen-bond donors (Lipinski definition) is 6. The second kappa shape index (κ2) is 17.4. The fourth-order valence-corrected chi connectivity index (χ4v) is 4.65. The van der Waals surface area contributed by atoms with Gasteiger partial charge in [-0.2, -0.15) is 0 Å². The van der Waals surface area contributed by atoms with Gasteiger partial charge in [-0.1, -0.05) is 91.0 Å². The van der Waals surface area contributed by atoms with E-state index >= 15 is 0 Å². The lowest BCUT2D eigenvalue weighted by Gasteiger charge is -2.25. The van der Waals surface area contributed by atoms with Gasteiger partial charge >= 0.3 is 5.97 Å². The summed E-state index contributed by atoms with van der Waals surface area (Å²) in [6, 6.07) is 23.2. The van der Waals surface area contributed by atoms with Crippen LogP contribution in [0.15, 0.2) is 91.0 Å². The van der Waals surface area contributed by atoms with Crippen LogP contribution in [0, 0.1) is 0 Å². The predicted octanol–water partition coefficient (Wildman–Crippen LogP) is 1.71. The van der Waals surface area contributed by atoms with E-state index < -0.39 is 47.9 Å². The van der Waals surface area contributed by atoms with Crippen molar-refractivity contribution in [2.45, 2.75) is 62.7 Å². The highest BCUT2D eigenvalue weighted by Crippen LogP contribution is 2.09. The molecule has 8 N–H and O–H groups in total. The van der Waals surface area contributed by atoms with Gasteiger partial charge in [0, 0.05) is 12.8 Å². The van der Waals surface area contributed by atoms with E-state index in [1.807, 2.05) is 66.7 Å². The summed E-state index contributed by atoms with van der Waals surface area (Å²) < 4.78 is 0. The van der Waals surface area contributed by atoms with Crippen LogP contribution in [0.3, 0.4) is 0 Å². The SMILES string of the molecule is NCCCC[C@H](NC(=O)C(N)Cc1ccccc1)C(=O)N[C@@H](Cc1ccccc1)C(=O)N[C@@H](Cc1ccccc1)C(=O)O. The van der Waals surface area contributed by atoms with Gasteiger partial charge < -0.3 is 32.5 Å². The Kier molecular flexibility index (Phi) is 13.4. The average Bonchev–Trinajstić information content (AvgIpc) is 3.01. The van der Waals surface area contributed by atoms with E-state index in [1.165, 1.54) is 0 Å². The van der Waals surface area contributed by atoms with Gasteiger partial charge in [0.2, 0.25) is 17.7 Å². The number of carboxylic acids is 1. The summed E-state index contributed by atoms with van der Waals surface area (Å²) in [5.41, 5.74) is 14.2. The maximum atomic E-state index is 13.6. The molecule has 0 aliphatic heterocycles. The zero-order chi connectivity index (χ0) is 31.0. The molecule has 0 spiro atoms. The Morgan fingerprint density at radius 2 is 1.00 bits per heavy atom. The molecule has 0 radical (unpaired) electrons. The van der Waals surface area contributed by atoms with Crippen molar-refractivity contribution in [3.05, 3.63) is 108 Å². The van der Waals surface area contributed by atoms with E-state index in [9.17, 15) is 24.3 Å². The molecule has 3 amide bonds. The van der Waals surface area contributed by atoms with E-state index in [0.29, 0.717) is 25.8 Å². The van der Waals surface area contributed by atoms with Crippen molar-refractivity contribution >= 4 is 23.7 Å². The quantitative estimate of drug-likeness (QED) is 0.130. The Bertz CT molecular complexity index is 1310. The molecule has 0 saturated heterocycles. The first-order chi connectivity index (χ1) is 20.8. The number of benzene rings is 3. The smallest absolute Gasteiger partial charge is 0.326 e. The summed E-state index contributed by atoms with van der Waals surface area (Å²) in [5.74, 6) is -2.90. The van der Waals surface area contributed by atoms with Crippen LogP contribution in [0.1, 0.15) is 36.0 Å². The molecule has 3 aromatic rings. The molecule has 4 atom stereocenters. The molecule has 10 nitrogen and oxygen atoms in total. The lowest BCUT2D eigenvalue weighted by Crippen LogP contribution is -2.58. The summed E-state index contributed by atoms with van der Waals surface area (Å²) in [5, 5.41) is 17.9. The Labute approximate surface area is 252 Å². The average molecular weight is 588 g/mol. The highest BCUT2D eigenvalue weighted by molar-refractivity contribution is 5.94. The molecule has 0 aromatic heterocycles. The monoisotopic (exact) mass is 587 g/mol. The minimum absolute atomic E-state index is 0.0744. The standard InChI is InChI=1S/C33H41N5O5/c34-19-11-10-18-27(36-30(39)26(35)20-23-12-4-1-5-13-23)31(40)37-28(21-24-14-6-2-7-15-24)32(41)38-29(33(42)43)22-25-16-8-3-9-17-25/h1-9,12-17,26-29H,10-11,18-22,34-35H2,(H,36,39)(H,37,40)(H,38,41)(H,42,43)/t26?,27-,28-,29-/m0/s1. The summed E-state index contributed by atoms with van der Waals surface area (Å²) in [7, 11) is 0. The normalized spacial score (nSPS) is 13.6. The predicted molar refractivity (Wildman–Crippen MR) is 165 cm³/mol. The Hall–Kier alpha value is -4.54. The van der Waals surface area contributed by atoms with Crippen LogP contribution in [0.4, 0.5) is 0 Å². The minimum Gasteiger partial charge on any atom is -0.480 e. The second-order valence-electron chi connectivity index (χ2n) is 10.5. The Balaban J connectivity index is 1.76. The summed E-state index contributed by atoms with van der Waals surface area (Å²) in [6.45, 7) is 0.423. The first-order valence-electron chi connectivity index (χ1n) is 14.5. The third-order valence-corrected chi connectivity index (χ3v) is 7.03. The molecule has 43 heavy (non-hydrogen) atoms. The fourth-order valence-electron chi connectivity index (χ4n) is 4.65. The lowest BCUT2D eigenvalue weighted by atomic mass is 10.0. The van der Waals surface area contributed by atoms with Gasteiger partial charge in [-0.3, -0.25) is 14.4 Å². The number of carbonyl (C=O) groups is 4. The summed E-state index contributed by atoms with van der Waals surface area (Å²) in [4.78, 5) is 52.1. The zero-order valence-corrected chi connectivity index (χ0v) is 24.2. The van der Waals surface area contributed by atoms with E-state index in [0.717, 1.165) is 16.7 Å². The van der Waals surface area contributed by atoms with Gasteiger partial charge in [0.15, 0.2) is 0 Å². The molecule has 1 unspecified atom stereocenters. The molecule has 0 aliphatic carbocycles. The van der Waals surface area contributed by atoms with Crippen LogP contribution >= 0.6 is 0 Å². The van der Waals surface area contributed by atoms with E-state index in [-0.39, 0.29) is 19.3 Å². The molecular formula is C33H41N5O5. The number of carbonyl (C=O) groups excluding carboxylic acids is 3. The largest absolute Gasteiger partial charge is 0.480 e. The lowest BCUT2D eigenvalue weighted by molar-refractivity contribution is -0.142. The number of nitrogens with two attached hydrogens (primary N) is 2. The Morgan fingerprint density at radius 3 is 1.49 bits per heavy atom. The number of aliphatic carboxylic acids is 1. The van der Waals surface area contributed by atoms with Crippen molar-refractivity contribution in [2.24, 2.45) is 11.5 Å².